The van der Waals surface area contributed by atoms with E-state index in [-0.39, 0.29) is 17.5 Å². The summed E-state index contributed by atoms with van der Waals surface area (Å²) in [6.07, 6.45) is 2.33. The standard InChI is InChI=1S/C22H18N2O6S/c1-12-9-19(24-21(27)17-3-2-8-29-17)31-20(12)22(28)30-11-16(25)14-4-6-15-13(10-14)5-7-18(26)23-15/h2-4,6,8-10H,5,7,11H2,1H3,(H,23,26)(H,24,27). The van der Waals surface area contributed by atoms with Crippen molar-refractivity contribution in [2.24, 2.45) is 0 Å². The van der Waals surface area contributed by atoms with Gasteiger partial charge in [-0.2, -0.15) is 0 Å². The first-order valence-corrected chi connectivity index (χ1v) is 10.3. The van der Waals surface area contributed by atoms with Gasteiger partial charge in [-0.05, 0) is 60.9 Å². The number of amides is 2. The Labute approximate surface area is 181 Å². The summed E-state index contributed by atoms with van der Waals surface area (Å²) >= 11 is 1.06. The highest BCUT2D eigenvalue weighted by atomic mass is 32.1. The number of Topliss-reactive ketones (excluding diaryl/α,β-unsaturated/α-hetero) is 1. The van der Waals surface area contributed by atoms with Crippen LogP contribution in [0.15, 0.2) is 47.1 Å². The number of thiophene rings is 1. The maximum absolute atomic E-state index is 12.5. The summed E-state index contributed by atoms with van der Waals surface area (Å²) in [5.41, 5.74) is 2.62. The molecule has 3 aromatic rings. The second-order valence-corrected chi connectivity index (χ2v) is 8.03. The maximum Gasteiger partial charge on any atom is 0.349 e. The molecule has 0 aliphatic carbocycles. The van der Waals surface area contributed by atoms with Gasteiger partial charge in [0.1, 0.15) is 4.88 Å². The van der Waals surface area contributed by atoms with E-state index in [4.69, 9.17) is 9.15 Å². The number of ether oxygens (including phenoxy) is 1. The number of rotatable bonds is 6. The molecule has 3 heterocycles. The monoisotopic (exact) mass is 438 g/mol. The van der Waals surface area contributed by atoms with Gasteiger partial charge >= 0.3 is 5.97 Å². The van der Waals surface area contributed by atoms with Crippen LogP contribution in [-0.4, -0.2) is 30.2 Å². The normalized spacial score (nSPS) is 12.6. The molecule has 0 saturated heterocycles. The summed E-state index contributed by atoms with van der Waals surface area (Å²) in [7, 11) is 0. The highest BCUT2D eigenvalue weighted by Gasteiger charge is 2.20. The van der Waals surface area contributed by atoms with Crippen LogP contribution in [0.4, 0.5) is 10.7 Å². The number of carbonyl (C=O) groups excluding carboxylic acids is 4. The van der Waals surface area contributed by atoms with Crippen LogP contribution in [0.1, 0.15) is 48.1 Å². The van der Waals surface area contributed by atoms with Gasteiger partial charge in [0.25, 0.3) is 5.91 Å². The molecule has 158 valence electrons. The van der Waals surface area contributed by atoms with Gasteiger partial charge in [-0.3, -0.25) is 14.4 Å². The predicted octanol–water partition coefficient (Wildman–Crippen LogP) is 3.83. The Hall–Kier alpha value is -3.72. The largest absolute Gasteiger partial charge is 0.459 e. The molecule has 1 aromatic carbocycles. The molecule has 31 heavy (non-hydrogen) atoms. The van der Waals surface area contributed by atoms with Crippen molar-refractivity contribution in [1.29, 1.82) is 0 Å². The molecular formula is C22H18N2O6S. The van der Waals surface area contributed by atoms with Crippen molar-refractivity contribution in [3.05, 3.63) is 70.0 Å². The average molecular weight is 438 g/mol. The Morgan fingerprint density at radius 3 is 2.81 bits per heavy atom. The van der Waals surface area contributed by atoms with E-state index in [1.165, 1.54) is 12.3 Å². The molecule has 0 fully saturated rings. The van der Waals surface area contributed by atoms with E-state index in [2.05, 4.69) is 10.6 Å². The van der Waals surface area contributed by atoms with Crippen LogP contribution < -0.4 is 10.6 Å². The first kappa shape index (κ1) is 20.5. The number of benzene rings is 1. The summed E-state index contributed by atoms with van der Waals surface area (Å²) in [6, 6.07) is 9.78. The van der Waals surface area contributed by atoms with Gasteiger partial charge in [0.2, 0.25) is 5.91 Å². The number of aryl methyl sites for hydroxylation is 2. The topological polar surface area (TPSA) is 115 Å². The van der Waals surface area contributed by atoms with Crippen molar-refractivity contribution in [1.82, 2.24) is 0 Å². The SMILES string of the molecule is Cc1cc(NC(=O)c2ccco2)sc1C(=O)OCC(=O)c1ccc2c(c1)CCC(=O)N2. The van der Waals surface area contributed by atoms with Crippen LogP contribution in [0, 0.1) is 6.92 Å². The molecule has 0 bridgehead atoms. The number of ketones is 1. The van der Waals surface area contributed by atoms with E-state index in [1.54, 1.807) is 37.3 Å². The summed E-state index contributed by atoms with van der Waals surface area (Å²) in [6.45, 7) is 1.31. The molecular weight excluding hydrogens is 420 g/mol. The van der Waals surface area contributed by atoms with Gasteiger partial charge in [0.15, 0.2) is 18.2 Å². The lowest BCUT2D eigenvalue weighted by molar-refractivity contribution is -0.116. The zero-order chi connectivity index (χ0) is 22.0. The lowest BCUT2D eigenvalue weighted by Crippen LogP contribution is -2.20. The molecule has 2 N–H and O–H groups in total. The first-order valence-electron chi connectivity index (χ1n) is 9.49. The Morgan fingerprint density at radius 1 is 1.19 bits per heavy atom. The van der Waals surface area contributed by atoms with Crippen LogP contribution in [0.5, 0.6) is 0 Å². The van der Waals surface area contributed by atoms with Crippen LogP contribution >= 0.6 is 11.3 Å². The van der Waals surface area contributed by atoms with Crippen LogP contribution in [0.3, 0.4) is 0 Å². The van der Waals surface area contributed by atoms with E-state index in [0.717, 1.165) is 16.9 Å². The van der Waals surface area contributed by atoms with E-state index in [1.807, 2.05) is 0 Å². The Balaban J connectivity index is 1.37. The molecule has 2 amide bonds. The van der Waals surface area contributed by atoms with Gasteiger partial charge in [0.05, 0.1) is 11.3 Å². The van der Waals surface area contributed by atoms with Crippen molar-refractivity contribution >= 4 is 45.6 Å². The third-order valence-corrected chi connectivity index (χ3v) is 5.87. The minimum Gasteiger partial charge on any atom is -0.459 e. The number of furan rings is 1. The molecule has 0 atom stereocenters. The molecule has 0 unspecified atom stereocenters. The molecule has 0 radical (unpaired) electrons. The number of fused-ring (bicyclic) bond motifs is 1. The third-order valence-electron chi connectivity index (χ3n) is 4.74. The molecule has 1 aliphatic heterocycles. The maximum atomic E-state index is 12.5. The van der Waals surface area contributed by atoms with Crippen molar-refractivity contribution in [2.45, 2.75) is 19.8 Å². The van der Waals surface area contributed by atoms with Crippen LogP contribution in [-0.2, 0) is 16.0 Å². The number of anilines is 2. The zero-order valence-electron chi connectivity index (χ0n) is 16.5. The summed E-state index contributed by atoms with van der Waals surface area (Å²) < 4.78 is 10.2. The highest BCUT2D eigenvalue weighted by molar-refractivity contribution is 7.18. The molecule has 9 heteroatoms. The quantitative estimate of drug-likeness (QED) is 0.447. The van der Waals surface area contributed by atoms with Gasteiger partial charge in [-0.25, -0.2) is 4.79 Å². The molecule has 0 saturated carbocycles. The fourth-order valence-corrected chi connectivity index (χ4v) is 4.13. The van der Waals surface area contributed by atoms with Gasteiger partial charge in [-0.15, -0.1) is 11.3 Å². The van der Waals surface area contributed by atoms with Gasteiger partial charge in [-0.1, -0.05) is 0 Å². The number of nitrogens with one attached hydrogen (secondary N) is 2. The van der Waals surface area contributed by atoms with Crippen molar-refractivity contribution < 1.29 is 28.3 Å². The highest BCUT2D eigenvalue weighted by Crippen LogP contribution is 2.28. The zero-order valence-corrected chi connectivity index (χ0v) is 17.3. The minimum atomic E-state index is -0.639. The molecule has 8 nitrogen and oxygen atoms in total. The first-order chi connectivity index (χ1) is 14.9. The second-order valence-electron chi connectivity index (χ2n) is 6.97. The fourth-order valence-electron chi connectivity index (χ4n) is 3.16. The number of esters is 1. The minimum absolute atomic E-state index is 0.0495. The predicted molar refractivity (Wildman–Crippen MR) is 114 cm³/mol. The van der Waals surface area contributed by atoms with Crippen LogP contribution in [0.25, 0.3) is 0 Å². The molecule has 2 aromatic heterocycles. The number of carbonyl (C=O) groups is 4. The second kappa shape index (κ2) is 8.57. The van der Waals surface area contributed by atoms with Crippen molar-refractivity contribution in [2.75, 3.05) is 17.2 Å². The Bertz CT molecular complexity index is 1180. The summed E-state index contributed by atoms with van der Waals surface area (Å²) in [5.74, 6) is -1.30. The summed E-state index contributed by atoms with van der Waals surface area (Å²) in [5, 5.41) is 5.89. The Morgan fingerprint density at radius 2 is 2.03 bits per heavy atom. The number of hydrogen-bond acceptors (Lipinski definition) is 7. The van der Waals surface area contributed by atoms with E-state index >= 15 is 0 Å². The fraction of sp³-hybridized carbons (Fsp3) is 0.182. The van der Waals surface area contributed by atoms with E-state index < -0.39 is 18.5 Å². The Kier molecular flexibility index (Phi) is 5.68. The molecule has 1 aliphatic rings. The van der Waals surface area contributed by atoms with Gasteiger partial charge in [0, 0.05) is 17.7 Å². The third kappa shape index (κ3) is 4.56. The summed E-state index contributed by atoms with van der Waals surface area (Å²) in [4.78, 5) is 48.7. The van der Waals surface area contributed by atoms with Gasteiger partial charge < -0.3 is 19.8 Å². The van der Waals surface area contributed by atoms with Crippen LogP contribution in [0.2, 0.25) is 0 Å². The average Bonchev–Trinajstić information content (AvgIpc) is 3.41. The van der Waals surface area contributed by atoms with Crippen molar-refractivity contribution in [3.63, 3.8) is 0 Å². The molecule has 0 spiro atoms. The number of hydrogen-bond donors (Lipinski definition) is 2. The van der Waals surface area contributed by atoms with E-state index in [9.17, 15) is 19.2 Å². The lowest BCUT2D eigenvalue weighted by Gasteiger charge is -2.17. The molecule has 4 rings (SSSR count). The smallest absolute Gasteiger partial charge is 0.349 e. The van der Waals surface area contributed by atoms with Crippen molar-refractivity contribution in [3.8, 4) is 0 Å². The van der Waals surface area contributed by atoms with E-state index in [0.29, 0.717) is 39.5 Å². The lowest BCUT2D eigenvalue weighted by atomic mass is 9.99.